The quantitative estimate of drug-likeness (QED) is 0.301. The summed E-state index contributed by atoms with van der Waals surface area (Å²) in [4.78, 5) is 31.2. The third-order valence-corrected chi connectivity index (χ3v) is 5.36. The SMILES string of the molecule is Cc1cccc(/C=N/Nc2cc(N3CCOCC3)c3[nH]c(C(=O)Nc4cccnc4)nc3n2)c1. The Labute approximate surface area is 196 Å². The molecule has 0 atom stereocenters. The van der Waals surface area contributed by atoms with E-state index in [4.69, 9.17) is 4.74 Å². The molecule has 3 N–H and O–H groups in total. The molecular weight excluding hydrogens is 432 g/mol. The predicted octanol–water partition coefficient (Wildman–Crippen LogP) is 3.20. The van der Waals surface area contributed by atoms with E-state index < -0.39 is 0 Å². The zero-order valence-corrected chi connectivity index (χ0v) is 18.7. The van der Waals surface area contributed by atoms with Gasteiger partial charge in [0.15, 0.2) is 17.3 Å². The highest BCUT2D eigenvalue weighted by Crippen LogP contribution is 2.28. The van der Waals surface area contributed by atoms with Gasteiger partial charge < -0.3 is 19.9 Å². The number of imidazole rings is 1. The maximum atomic E-state index is 12.8. The smallest absolute Gasteiger partial charge is 0.291 e. The molecule has 34 heavy (non-hydrogen) atoms. The second-order valence-corrected chi connectivity index (χ2v) is 7.89. The molecule has 5 rings (SSSR count). The van der Waals surface area contributed by atoms with Gasteiger partial charge in [0.05, 0.1) is 37.0 Å². The minimum Gasteiger partial charge on any atom is -0.378 e. The third-order valence-electron chi connectivity index (χ3n) is 5.36. The van der Waals surface area contributed by atoms with E-state index in [0.29, 0.717) is 35.9 Å². The highest BCUT2D eigenvalue weighted by Gasteiger charge is 2.20. The Balaban J connectivity index is 1.45. The third kappa shape index (κ3) is 4.86. The topological polar surface area (TPSA) is 120 Å². The molecule has 1 amide bonds. The summed E-state index contributed by atoms with van der Waals surface area (Å²) in [5.74, 6) is 0.329. The molecule has 10 heteroatoms. The number of hydrogen-bond acceptors (Lipinski definition) is 8. The predicted molar refractivity (Wildman–Crippen MR) is 132 cm³/mol. The van der Waals surface area contributed by atoms with E-state index in [1.54, 1.807) is 30.7 Å². The number of hydrazone groups is 1. The number of aromatic amines is 1. The number of pyridine rings is 2. The van der Waals surface area contributed by atoms with Crippen LogP contribution in [0.15, 0.2) is 60.0 Å². The number of benzene rings is 1. The number of aryl methyl sites for hydroxylation is 1. The van der Waals surface area contributed by atoms with Crippen molar-refractivity contribution in [2.24, 2.45) is 5.10 Å². The zero-order valence-electron chi connectivity index (χ0n) is 18.7. The van der Waals surface area contributed by atoms with Gasteiger partial charge in [-0.25, -0.2) is 9.97 Å². The van der Waals surface area contributed by atoms with Gasteiger partial charge in [0.2, 0.25) is 0 Å². The number of amides is 1. The van der Waals surface area contributed by atoms with Crippen LogP contribution in [0, 0.1) is 6.92 Å². The molecule has 1 aromatic carbocycles. The van der Waals surface area contributed by atoms with Crippen LogP contribution in [0.25, 0.3) is 11.2 Å². The second-order valence-electron chi connectivity index (χ2n) is 7.89. The Hall–Kier alpha value is -4.31. The first-order valence-corrected chi connectivity index (χ1v) is 11.0. The fourth-order valence-electron chi connectivity index (χ4n) is 3.74. The normalized spacial score (nSPS) is 14.0. The summed E-state index contributed by atoms with van der Waals surface area (Å²) in [6.07, 6.45) is 4.96. The van der Waals surface area contributed by atoms with Crippen molar-refractivity contribution in [1.29, 1.82) is 0 Å². The Morgan fingerprint density at radius 3 is 2.85 bits per heavy atom. The number of H-pyrrole nitrogens is 1. The molecule has 0 radical (unpaired) electrons. The number of carbonyl (C=O) groups is 1. The van der Waals surface area contributed by atoms with E-state index in [0.717, 1.165) is 29.9 Å². The van der Waals surface area contributed by atoms with Crippen LogP contribution in [0.3, 0.4) is 0 Å². The van der Waals surface area contributed by atoms with Gasteiger partial charge in [0.25, 0.3) is 5.91 Å². The highest BCUT2D eigenvalue weighted by molar-refractivity contribution is 6.04. The number of anilines is 3. The van der Waals surface area contributed by atoms with E-state index in [9.17, 15) is 4.79 Å². The van der Waals surface area contributed by atoms with Gasteiger partial charge in [0, 0.05) is 25.4 Å². The molecule has 1 fully saturated rings. The number of nitrogens with one attached hydrogen (secondary N) is 3. The molecule has 1 aliphatic heterocycles. The average molecular weight is 457 g/mol. The molecule has 1 aliphatic rings. The van der Waals surface area contributed by atoms with Crippen molar-refractivity contribution in [3.8, 4) is 0 Å². The number of aromatic nitrogens is 4. The van der Waals surface area contributed by atoms with Crippen molar-refractivity contribution < 1.29 is 9.53 Å². The Kier molecular flexibility index (Phi) is 6.13. The lowest BCUT2D eigenvalue weighted by atomic mass is 10.2. The first-order valence-electron chi connectivity index (χ1n) is 11.0. The van der Waals surface area contributed by atoms with Gasteiger partial charge in [0.1, 0.15) is 5.52 Å². The van der Waals surface area contributed by atoms with Gasteiger partial charge in [-0.1, -0.05) is 29.8 Å². The molecule has 3 aromatic heterocycles. The summed E-state index contributed by atoms with van der Waals surface area (Å²) < 4.78 is 5.50. The standard InChI is InChI=1S/C24H24N8O2/c1-16-4-2-5-17(12-16)14-26-31-20-13-19(32-8-10-34-11-9-32)21-22(28-20)30-23(29-21)24(33)27-18-6-3-7-25-15-18/h2-7,12-15H,8-11H2,1H3,(H,27,33)(H2,28,29,30,31)/b26-14+. The molecule has 4 heterocycles. The van der Waals surface area contributed by atoms with Crippen LogP contribution in [0.5, 0.6) is 0 Å². The lowest BCUT2D eigenvalue weighted by molar-refractivity contribution is 0.101. The highest BCUT2D eigenvalue weighted by atomic mass is 16.5. The molecule has 0 unspecified atom stereocenters. The Bertz CT molecular complexity index is 1330. The molecule has 0 aliphatic carbocycles. The number of hydrogen-bond donors (Lipinski definition) is 3. The number of carbonyl (C=O) groups excluding carboxylic acids is 1. The summed E-state index contributed by atoms with van der Waals surface area (Å²) in [5, 5.41) is 7.13. The number of morpholine rings is 1. The van der Waals surface area contributed by atoms with Gasteiger partial charge in [-0.3, -0.25) is 15.2 Å². The van der Waals surface area contributed by atoms with Gasteiger partial charge >= 0.3 is 0 Å². The Morgan fingerprint density at radius 2 is 2.06 bits per heavy atom. The van der Waals surface area contributed by atoms with E-state index in [-0.39, 0.29) is 11.7 Å². The number of ether oxygens (including phenoxy) is 1. The van der Waals surface area contributed by atoms with Gasteiger partial charge in [-0.2, -0.15) is 5.10 Å². The maximum absolute atomic E-state index is 12.8. The van der Waals surface area contributed by atoms with Crippen molar-refractivity contribution in [2.45, 2.75) is 6.92 Å². The second kappa shape index (κ2) is 9.67. The molecule has 0 spiro atoms. The fourth-order valence-corrected chi connectivity index (χ4v) is 3.74. The molecule has 1 saturated heterocycles. The van der Waals surface area contributed by atoms with Crippen molar-refractivity contribution >= 4 is 40.5 Å². The van der Waals surface area contributed by atoms with Crippen LogP contribution in [-0.2, 0) is 4.74 Å². The van der Waals surface area contributed by atoms with Crippen LogP contribution in [0.1, 0.15) is 21.7 Å². The molecule has 10 nitrogen and oxygen atoms in total. The minimum atomic E-state index is -0.370. The molecule has 4 aromatic rings. The molecule has 0 bridgehead atoms. The van der Waals surface area contributed by atoms with Crippen LogP contribution in [0.4, 0.5) is 17.2 Å². The van der Waals surface area contributed by atoms with Crippen molar-refractivity contribution in [2.75, 3.05) is 41.9 Å². The maximum Gasteiger partial charge on any atom is 0.291 e. The summed E-state index contributed by atoms with van der Waals surface area (Å²) >= 11 is 0. The van der Waals surface area contributed by atoms with Crippen molar-refractivity contribution in [3.63, 3.8) is 0 Å². The van der Waals surface area contributed by atoms with Crippen LogP contribution in [-0.4, -0.2) is 58.4 Å². The summed E-state index contributed by atoms with van der Waals surface area (Å²) in [7, 11) is 0. The van der Waals surface area contributed by atoms with Crippen LogP contribution >= 0.6 is 0 Å². The van der Waals surface area contributed by atoms with Crippen molar-refractivity contribution in [3.05, 3.63) is 71.8 Å². The minimum absolute atomic E-state index is 0.168. The largest absolute Gasteiger partial charge is 0.378 e. The van der Waals surface area contributed by atoms with E-state index in [2.05, 4.69) is 40.7 Å². The van der Waals surface area contributed by atoms with Gasteiger partial charge in [-0.15, -0.1) is 0 Å². The first-order chi connectivity index (χ1) is 16.7. The average Bonchev–Trinajstić information content (AvgIpc) is 3.29. The fraction of sp³-hybridized carbons (Fsp3) is 0.208. The molecule has 172 valence electrons. The molecular formula is C24H24N8O2. The Morgan fingerprint density at radius 1 is 1.18 bits per heavy atom. The first kappa shape index (κ1) is 21.5. The van der Waals surface area contributed by atoms with E-state index in [1.165, 1.54) is 0 Å². The zero-order chi connectivity index (χ0) is 23.3. The number of rotatable bonds is 6. The van der Waals surface area contributed by atoms with Crippen LogP contribution in [0.2, 0.25) is 0 Å². The monoisotopic (exact) mass is 456 g/mol. The van der Waals surface area contributed by atoms with E-state index in [1.807, 2.05) is 37.3 Å². The number of fused-ring (bicyclic) bond motifs is 1. The van der Waals surface area contributed by atoms with Gasteiger partial charge in [-0.05, 0) is 24.6 Å². The van der Waals surface area contributed by atoms with E-state index >= 15 is 0 Å². The lowest BCUT2D eigenvalue weighted by Crippen LogP contribution is -2.36. The summed E-state index contributed by atoms with van der Waals surface area (Å²) in [6, 6.07) is 13.5. The lowest BCUT2D eigenvalue weighted by Gasteiger charge is -2.29. The molecule has 0 saturated carbocycles. The van der Waals surface area contributed by atoms with Crippen LogP contribution < -0.4 is 15.6 Å². The van der Waals surface area contributed by atoms with Crippen molar-refractivity contribution in [1.82, 2.24) is 19.9 Å². The summed E-state index contributed by atoms with van der Waals surface area (Å²) in [5.41, 5.74) is 7.72. The summed E-state index contributed by atoms with van der Waals surface area (Å²) in [6.45, 7) is 4.73. The number of nitrogens with zero attached hydrogens (tertiary/aromatic N) is 5.